The first-order valence-corrected chi connectivity index (χ1v) is 6.91. The van der Waals surface area contributed by atoms with Crippen molar-refractivity contribution in [2.45, 2.75) is 12.5 Å². The molecule has 1 aromatic carbocycles. The monoisotopic (exact) mass is 338 g/mol. The van der Waals surface area contributed by atoms with Crippen molar-refractivity contribution in [3.05, 3.63) is 33.8 Å². The van der Waals surface area contributed by atoms with Crippen LogP contribution in [0.15, 0.2) is 18.2 Å². The maximum atomic E-state index is 11.8. The summed E-state index contributed by atoms with van der Waals surface area (Å²) in [4.78, 5) is 11.8. The third-order valence-electron chi connectivity index (χ3n) is 3.22. The number of carbonyl (C=O) groups excluding carboxylic acids is 1. The molecular weight excluding hydrogens is 323 g/mol. The Kier molecular flexibility index (Phi) is 7.06. The molecule has 1 amide bonds. The minimum atomic E-state index is -0.393. The smallest absolute Gasteiger partial charge is 0.224 e. The highest BCUT2D eigenvalue weighted by atomic mass is 35.5. The van der Waals surface area contributed by atoms with Gasteiger partial charge in [0.15, 0.2) is 0 Å². The molecular formula is C13H17Cl3N2O2. The molecule has 1 aromatic rings. The average molecular weight is 340 g/mol. The SMILES string of the molecule is Cl.O=C(Cc1cc(Cl)ccc1Cl)NCC1CNCC1O. The zero-order valence-corrected chi connectivity index (χ0v) is 13.1. The van der Waals surface area contributed by atoms with Crippen molar-refractivity contribution < 1.29 is 9.90 Å². The molecule has 2 atom stereocenters. The summed E-state index contributed by atoms with van der Waals surface area (Å²) in [6.07, 6.45) is -0.203. The molecule has 0 radical (unpaired) electrons. The number of nitrogens with one attached hydrogen (secondary N) is 2. The highest BCUT2D eigenvalue weighted by molar-refractivity contribution is 6.33. The predicted molar refractivity (Wildman–Crippen MR) is 82.8 cm³/mol. The quantitative estimate of drug-likeness (QED) is 0.782. The lowest BCUT2D eigenvalue weighted by Gasteiger charge is -2.14. The first-order chi connectivity index (χ1) is 9.06. The number of β-amino-alcohol motifs (C(OH)–C–C–N with tert-alkyl or cyclic N) is 1. The van der Waals surface area contributed by atoms with Crippen LogP contribution in [0.1, 0.15) is 5.56 Å². The Morgan fingerprint density at radius 2 is 2.15 bits per heavy atom. The van der Waals surface area contributed by atoms with Crippen LogP contribution in [0.5, 0.6) is 0 Å². The van der Waals surface area contributed by atoms with E-state index in [2.05, 4.69) is 10.6 Å². The molecule has 3 N–H and O–H groups in total. The lowest BCUT2D eigenvalue weighted by atomic mass is 10.1. The Morgan fingerprint density at radius 3 is 2.80 bits per heavy atom. The summed E-state index contributed by atoms with van der Waals surface area (Å²) in [5.74, 6) is -0.0537. The van der Waals surface area contributed by atoms with Gasteiger partial charge >= 0.3 is 0 Å². The van der Waals surface area contributed by atoms with Gasteiger partial charge in [0.25, 0.3) is 0 Å². The van der Waals surface area contributed by atoms with E-state index in [1.807, 2.05) is 0 Å². The van der Waals surface area contributed by atoms with E-state index < -0.39 is 6.10 Å². The van der Waals surface area contributed by atoms with Gasteiger partial charge < -0.3 is 15.7 Å². The molecule has 4 nitrogen and oxygen atoms in total. The van der Waals surface area contributed by atoms with Crippen LogP contribution in [0.2, 0.25) is 10.0 Å². The van der Waals surface area contributed by atoms with Gasteiger partial charge in [-0.3, -0.25) is 4.79 Å². The molecule has 1 aliphatic rings. The van der Waals surface area contributed by atoms with Crippen molar-refractivity contribution in [2.24, 2.45) is 5.92 Å². The van der Waals surface area contributed by atoms with Gasteiger partial charge in [0.05, 0.1) is 12.5 Å². The van der Waals surface area contributed by atoms with Crippen LogP contribution in [0.4, 0.5) is 0 Å². The number of hydrogen-bond donors (Lipinski definition) is 3. The minimum Gasteiger partial charge on any atom is -0.391 e. The van der Waals surface area contributed by atoms with Crippen molar-refractivity contribution in [1.29, 1.82) is 0 Å². The summed E-state index contributed by atoms with van der Waals surface area (Å²) in [7, 11) is 0. The highest BCUT2D eigenvalue weighted by Crippen LogP contribution is 2.21. The molecule has 1 fully saturated rings. The van der Waals surface area contributed by atoms with E-state index in [4.69, 9.17) is 23.2 Å². The maximum absolute atomic E-state index is 11.8. The third-order valence-corrected chi connectivity index (χ3v) is 3.83. The minimum absolute atomic E-state index is 0. The molecule has 2 rings (SSSR count). The number of aliphatic hydroxyl groups is 1. The normalized spacial score (nSPS) is 21.4. The molecule has 0 aromatic heterocycles. The van der Waals surface area contributed by atoms with E-state index in [0.717, 1.165) is 6.54 Å². The zero-order valence-electron chi connectivity index (χ0n) is 10.7. The number of rotatable bonds is 4. The second kappa shape index (κ2) is 8.05. The second-order valence-electron chi connectivity index (χ2n) is 4.70. The highest BCUT2D eigenvalue weighted by Gasteiger charge is 2.25. The molecule has 2 unspecified atom stereocenters. The van der Waals surface area contributed by atoms with Crippen molar-refractivity contribution in [2.75, 3.05) is 19.6 Å². The van der Waals surface area contributed by atoms with Crippen molar-refractivity contribution in [3.63, 3.8) is 0 Å². The van der Waals surface area contributed by atoms with Gasteiger partial charge in [-0.05, 0) is 23.8 Å². The van der Waals surface area contributed by atoms with Crippen molar-refractivity contribution >= 4 is 41.5 Å². The third kappa shape index (κ3) is 4.79. The number of halogens is 3. The molecule has 1 heterocycles. The van der Waals surface area contributed by atoms with Crippen LogP contribution in [0, 0.1) is 5.92 Å². The lowest BCUT2D eigenvalue weighted by Crippen LogP contribution is -2.35. The van der Waals surface area contributed by atoms with Gasteiger partial charge in [-0.15, -0.1) is 12.4 Å². The van der Waals surface area contributed by atoms with Crippen LogP contribution >= 0.6 is 35.6 Å². The molecule has 7 heteroatoms. The number of benzene rings is 1. The summed E-state index contributed by atoms with van der Waals surface area (Å²) in [6.45, 7) is 1.77. The van der Waals surface area contributed by atoms with Gasteiger partial charge in [-0.2, -0.15) is 0 Å². The summed E-state index contributed by atoms with van der Waals surface area (Å²) < 4.78 is 0. The number of hydrogen-bond acceptors (Lipinski definition) is 3. The summed E-state index contributed by atoms with van der Waals surface area (Å²) >= 11 is 11.9. The van der Waals surface area contributed by atoms with Crippen LogP contribution in [-0.4, -0.2) is 36.8 Å². The summed E-state index contributed by atoms with van der Waals surface area (Å²) in [6, 6.07) is 5.05. The summed E-state index contributed by atoms with van der Waals surface area (Å²) in [5.41, 5.74) is 0.705. The van der Waals surface area contributed by atoms with E-state index in [1.54, 1.807) is 18.2 Å². The van der Waals surface area contributed by atoms with Gasteiger partial charge in [-0.25, -0.2) is 0 Å². The zero-order chi connectivity index (χ0) is 13.8. The van der Waals surface area contributed by atoms with Crippen LogP contribution in [0.3, 0.4) is 0 Å². The molecule has 0 aliphatic carbocycles. The Labute approximate surface area is 134 Å². The fraction of sp³-hybridized carbons (Fsp3) is 0.462. The standard InChI is InChI=1S/C13H16Cl2N2O2.ClH/c14-10-1-2-11(15)8(3-10)4-13(19)17-6-9-5-16-7-12(9)18;/h1-3,9,12,16,18H,4-7H2,(H,17,19);1H. The first-order valence-electron chi connectivity index (χ1n) is 6.15. The molecule has 1 aliphatic heterocycles. The lowest BCUT2D eigenvalue weighted by molar-refractivity contribution is -0.120. The largest absolute Gasteiger partial charge is 0.391 e. The van der Waals surface area contributed by atoms with Crippen molar-refractivity contribution in [3.8, 4) is 0 Å². The molecule has 0 saturated carbocycles. The summed E-state index contributed by atoms with van der Waals surface area (Å²) in [5, 5.41) is 16.6. The number of carbonyl (C=O) groups is 1. The fourth-order valence-electron chi connectivity index (χ4n) is 2.09. The Bertz CT molecular complexity index is 471. The molecule has 112 valence electrons. The predicted octanol–water partition coefficient (Wildman–Crippen LogP) is 1.65. The average Bonchev–Trinajstić information content (AvgIpc) is 2.77. The molecule has 1 saturated heterocycles. The van der Waals surface area contributed by atoms with Crippen molar-refractivity contribution in [1.82, 2.24) is 10.6 Å². The van der Waals surface area contributed by atoms with Crippen LogP contribution in [-0.2, 0) is 11.2 Å². The number of aliphatic hydroxyl groups excluding tert-OH is 1. The molecule has 20 heavy (non-hydrogen) atoms. The van der Waals surface area contributed by atoms with Gasteiger partial charge in [-0.1, -0.05) is 23.2 Å². The van der Waals surface area contributed by atoms with E-state index in [0.29, 0.717) is 28.7 Å². The van der Waals surface area contributed by atoms with Gasteiger partial charge in [0.2, 0.25) is 5.91 Å². The Morgan fingerprint density at radius 1 is 1.40 bits per heavy atom. The maximum Gasteiger partial charge on any atom is 0.224 e. The van der Waals surface area contributed by atoms with E-state index in [1.165, 1.54) is 0 Å². The Balaban J connectivity index is 0.00000200. The Hall–Kier alpha value is -0.520. The van der Waals surface area contributed by atoms with E-state index in [-0.39, 0.29) is 30.7 Å². The molecule has 0 spiro atoms. The van der Waals surface area contributed by atoms with E-state index >= 15 is 0 Å². The second-order valence-corrected chi connectivity index (χ2v) is 5.55. The van der Waals surface area contributed by atoms with Gasteiger partial charge in [0, 0.05) is 35.6 Å². The molecule has 0 bridgehead atoms. The van der Waals surface area contributed by atoms with Crippen LogP contribution in [0.25, 0.3) is 0 Å². The van der Waals surface area contributed by atoms with E-state index in [9.17, 15) is 9.90 Å². The first kappa shape index (κ1) is 17.5. The topological polar surface area (TPSA) is 61.4 Å². The van der Waals surface area contributed by atoms with Gasteiger partial charge in [0.1, 0.15) is 0 Å². The van der Waals surface area contributed by atoms with Crippen LogP contribution < -0.4 is 10.6 Å². The number of amides is 1. The fourth-order valence-corrected chi connectivity index (χ4v) is 2.47.